The van der Waals surface area contributed by atoms with Gasteiger partial charge in [0.2, 0.25) is 0 Å². The Morgan fingerprint density at radius 2 is 2.06 bits per heavy atom. The lowest BCUT2D eigenvalue weighted by molar-refractivity contribution is 0.0846. The number of rotatable bonds is 6. The molecule has 1 rings (SSSR count). The minimum atomic E-state index is -3.57. The van der Waals surface area contributed by atoms with Gasteiger partial charge < -0.3 is 10.5 Å². The van der Waals surface area contributed by atoms with Gasteiger partial charge in [-0.05, 0) is 25.1 Å². The number of nitrogens with two attached hydrogens (primary N) is 1. The zero-order valence-electron chi connectivity index (χ0n) is 9.90. The van der Waals surface area contributed by atoms with E-state index in [1.165, 1.54) is 18.2 Å². The molecular weight excluding hydrogens is 297 g/mol. The molecule has 0 heterocycles. The summed E-state index contributed by atoms with van der Waals surface area (Å²) in [6.07, 6.45) is -0.546. The first-order valence-electron chi connectivity index (χ1n) is 5.40. The Morgan fingerprint density at radius 1 is 1.39 bits per heavy atom. The van der Waals surface area contributed by atoms with Crippen molar-refractivity contribution < 1.29 is 13.2 Å². The Labute approximate surface area is 117 Å². The van der Waals surface area contributed by atoms with Crippen LogP contribution in [-0.2, 0) is 14.6 Å². The van der Waals surface area contributed by atoms with Crippen molar-refractivity contribution >= 4 is 33.0 Å². The number of hydrogen-bond donors (Lipinski definition) is 1. The fourth-order valence-electron chi connectivity index (χ4n) is 1.47. The van der Waals surface area contributed by atoms with Crippen molar-refractivity contribution in [3.63, 3.8) is 0 Å². The molecule has 0 aliphatic rings. The summed E-state index contributed by atoms with van der Waals surface area (Å²) >= 11 is 11.6. The van der Waals surface area contributed by atoms with E-state index in [-0.39, 0.29) is 22.2 Å². The van der Waals surface area contributed by atoms with Crippen molar-refractivity contribution in [2.45, 2.75) is 17.9 Å². The predicted molar refractivity (Wildman–Crippen MR) is 73.0 cm³/mol. The SMILES string of the molecule is CCOC(CN)CS(=O)(=O)c1cc(Cl)ccc1Cl. The first-order chi connectivity index (χ1) is 8.40. The van der Waals surface area contributed by atoms with E-state index >= 15 is 0 Å². The van der Waals surface area contributed by atoms with Gasteiger partial charge in [0.05, 0.1) is 21.8 Å². The van der Waals surface area contributed by atoms with Gasteiger partial charge in [0, 0.05) is 18.2 Å². The van der Waals surface area contributed by atoms with Crippen molar-refractivity contribution in [3.8, 4) is 0 Å². The molecule has 102 valence electrons. The van der Waals surface area contributed by atoms with Crippen LogP contribution in [0.2, 0.25) is 10.0 Å². The Kier molecular flexibility index (Phi) is 5.88. The van der Waals surface area contributed by atoms with Crippen molar-refractivity contribution in [2.75, 3.05) is 18.9 Å². The summed E-state index contributed by atoms with van der Waals surface area (Å²) in [7, 11) is -3.57. The van der Waals surface area contributed by atoms with Gasteiger partial charge in [-0.25, -0.2) is 8.42 Å². The van der Waals surface area contributed by atoms with Gasteiger partial charge in [-0.1, -0.05) is 23.2 Å². The number of sulfone groups is 1. The normalized spacial score (nSPS) is 13.6. The first-order valence-corrected chi connectivity index (χ1v) is 7.81. The van der Waals surface area contributed by atoms with Crippen molar-refractivity contribution in [3.05, 3.63) is 28.2 Å². The van der Waals surface area contributed by atoms with Gasteiger partial charge in [0.15, 0.2) is 9.84 Å². The zero-order valence-corrected chi connectivity index (χ0v) is 12.2. The van der Waals surface area contributed by atoms with Gasteiger partial charge in [-0.2, -0.15) is 0 Å². The van der Waals surface area contributed by atoms with E-state index in [0.29, 0.717) is 11.6 Å². The van der Waals surface area contributed by atoms with Gasteiger partial charge in [-0.3, -0.25) is 0 Å². The molecule has 0 fully saturated rings. The van der Waals surface area contributed by atoms with Crippen molar-refractivity contribution in [2.24, 2.45) is 5.73 Å². The second-order valence-electron chi connectivity index (χ2n) is 3.67. The van der Waals surface area contributed by atoms with E-state index in [1.807, 2.05) is 0 Å². The zero-order chi connectivity index (χ0) is 13.8. The van der Waals surface area contributed by atoms with E-state index in [1.54, 1.807) is 6.92 Å². The fourth-order valence-corrected chi connectivity index (χ4v) is 3.75. The topological polar surface area (TPSA) is 69.4 Å². The number of halogens is 2. The van der Waals surface area contributed by atoms with Crippen LogP contribution in [0.4, 0.5) is 0 Å². The number of ether oxygens (including phenoxy) is 1. The summed E-state index contributed by atoms with van der Waals surface area (Å²) in [4.78, 5) is 0.00909. The lowest BCUT2D eigenvalue weighted by Crippen LogP contribution is -2.31. The van der Waals surface area contributed by atoms with E-state index < -0.39 is 15.9 Å². The van der Waals surface area contributed by atoms with Crippen LogP contribution >= 0.6 is 23.2 Å². The summed E-state index contributed by atoms with van der Waals surface area (Å²) in [5.74, 6) is -0.211. The van der Waals surface area contributed by atoms with Crippen LogP contribution in [0.15, 0.2) is 23.1 Å². The van der Waals surface area contributed by atoms with Crippen LogP contribution in [0.3, 0.4) is 0 Å². The second kappa shape index (κ2) is 6.73. The molecule has 1 aromatic carbocycles. The highest BCUT2D eigenvalue weighted by Crippen LogP contribution is 2.26. The molecule has 2 N–H and O–H groups in total. The second-order valence-corrected chi connectivity index (χ2v) is 6.52. The van der Waals surface area contributed by atoms with Crippen LogP contribution in [-0.4, -0.2) is 33.4 Å². The Hall–Kier alpha value is -0.330. The van der Waals surface area contributed by atoms with E-state index in [2.05, 4.69) is 0 Å². The lowest BCUT2D eigenvalue weighted by Gasteiger charge is -2.15. The minimum Gasteiger partial charge on any atom is -0.376 e. The van der Waals surface area contributed by atoms with Gasteiger partial charge in [-0.15, -0.1) is 0 Å². The van der Waals surface area contributed by atoms with Crippen LogP contribution in [0.5, 0.6) is 0 Å². The molecule has 1 unspecified atom stereocenters. The smallest absolute Gasteiger partial charge is 0.182 e. The highest BCUT2D eigenvalue weighted by atomic mass is 35.5. The third kappa shape index (κ3) is 4.10. The molecule has 0 amide bonds. The summed E-state index contributed by atoms with van der Waals surface area (Å²) < 4.78 is 29.6. The fraction of sp³-hybridized carbons (Fsp3) is 0.455. The summed E-state index contributed by atoms with van der Waals surface area (Å²) in [6.45, 7) is 2.31. The van der Waals surface area contributed by atoms with Gasteiger partial charge in [0.1, 0.15) is 0 Å². The van der Waals surface area contributed by atoms with Crippen LogP contribution < -0.4 is 5.73 Å². The monoisotopic (exact) mass is 311 g/mol. The molecule has 0 aromatic heterocycles. The van der Waals surface area contributed by atoms with Gasteiger partial charge in [0.25, 0.3) is 0 Å². The quantitative estimate of drug-likeness (QED) is 0.873. The minimum absolute atomic E-state index is 0.00909. The highest BCUT2D eigenvalue weighted by Gasteiger charge is 2.23. The summed E-state index contributed by atoms with van der Waals surface area (Å²) in [5.41, 5.74) is 5.46. The third-order valence-electron chi connectivity index (χ3n) is 2.30. The molecule has 0 bridgehead atoms. The molecule has 1 aromatic rings. The largest absolute Gasteiger partial charge is 0.376 e. The molecule has 0 radical (unpaired) electrons. The maximum Gasteiger partial charge on any atom is 0.182 e. The molecule has 18 heavy (non-hydrogen) atoms. The molecule has 0 aliphatic carbocycles. The maximum atomic E-state index is 12.2. The molecule has 1 atom stereocenters. The molecule has 0 spiro atoms. The summed E-state index contributed by atoms with van der Waals surface area (Å²) in [5, 5.41) is 0.463. The predicted octanol–water partition coefficient (Wildman–Crippen LogP) is 2.13. The molecule has 7 heteroatoms. The highest BCUT2D eigenvalue weighted by molar-refractivity contribution is 7.91. The molecule has 0 saturated heterocycles. The molecule has 4 nitrogen and oxygen atoms in total. The van der Waals surface area contributed by atoms with Crippen molar-refractivity contribution in [1.29, 1.82) is 0 Å². The lowest BCUT2D eigenvalue weighted by atomic mass is 10.4. The average molecular weight is 312 g/mol. The Morgan fingerprint density at radius 3 is 2.61 bits per heavy atom. The average Bonchev–Trinajstić information content (AvgIpc) is 2.31. The number of hydrogen-bond acceptors (Lipinski definition) is 4. The molecule has 0 aliphatic heterocycles. The van der Waals surface area contributed by atoms with E-state index in [9.17, 15) is 8.42 Å². The standard InChI is InChI=1S/C11H15Cl2NO3S/c1-2-17-9(6-14)7-18(15,16)11-5-8(12)3-4-10(11)13/h3-5,9H,2,6-7,14H2,1H3. The van der Waals surface area contributed by atoms with Crippen LogP contribution in [0, 0.1) is 0 Å². The van der Waals surface area contributed by atoms with E-state index in [0.717, 1.165) is 0 Å². The van der Waals surface area contributed by atoms with Crippen LogP contribution in [0.1, 0.15) is 6.92 Å². The van der Waals surface area contributed by atoms with Crippen molar-refractivity contribution in [1.82, 2.24) is 0 Å². The Balaban J connectivity index is 3.02. The van der Waals surface area contributed by atoms with Crippen LogP contribution in [0.25, 0.3) is 0 Å². The summed E-state index contributed by atoms with van der Waals surface area (Å²) in [6, 6.07) is 4.32. The third-order valence-corrected chi connectivity index (χ3v) is 4.79. The number of benzene rings is 1. The first kappa shape index (κ1) is 15.7. The molecular formula is C11H15Cl2NO3S. The molecule has 0 saturated carbocycles. The maximum absolute atomic E-state index is 12.2. The van der Waals surface area contributed by atoms with E-state index in [4.69, 9.17) is 33.7 Å². The Bertz CT molecular complexity index is 505. The van der Waals surface area contributed by atoms with Gasteiger partial charge >= 0.3 is 0 Å².